The van der Waals surface area contributed by atoms with Crippen LogP contribution in [0.4, 0.5) is 0 Å². The van der Waals surface area contributed by atoms with Gasteiger partial charge in [-0.25, -0.2) is 9.36 Å². The first-order chi connectivity index (χ1) is 14.0. The van der Waals surface area contributed by atoms with Crippen LogP contribution in [0.1, 0.15) is 27.3 Å². The van der Waals surface area contributed by atoms with Gasteiger partial charge in [-0.2, -0.15) is 5.26 Å². The smallest absolute Gasteiger partial charge is 0.331 e. The highest BCUT2D eigenvalue weighted by atomic mass is 32.1. The van der Waals surface area contributed by atoms with E-state index in [0.717, 1.165) is 4.57 Å². The highest BCUT2D eigenvalue weighted by Gasteiger charge is 2.28. The molecule has 0 bridgehead atoms. The Bertz CT molecular complexity index is 1120. The number of rotatable bonds is 3. The predicted molar refractivity (Wildman–Crippen MR) is 105 cm³/mol. The average Bonchev–Trinajstić information content (AvgIpc) is 3.43. The molecule has 4 rings (SSSR count). The van der Waals surface area contributed by atoms with Crippen molar-refractivity contribution in [1.29, 1.82) is 5.26 Å². The number of fused-ring (bicyclic) bond motifs is 1. The zero-order chi connectivity index (χ0) is 20.5. The first-order valence-corrected chi connectivity index (χ1v) is 10.3. The number of thiophene rings is 1. The number of aromatic nitrogens is 2. The summed E-state index contributed by atoms with van der Waals surface area (Å²) in [5, 5.41) is 11.2. The Kier molecular flexibility index (Phi) is 5.07. The zero-order valence-corrected chi connectivity index (χ0v) is 16.5. The molecule has 0 saturated carbocycles. The summed E-state index contributed by atoms with van der Waals surface area (Å²) < 4.78 is 2.28. The first kappa shape index (κ1) is 19.1. The largest absolute Gasteiger partial charge is 0.338 e. The fourth-order valence-electron chi connectivity index (χ4n) is 3.84. The second kappa shape index (κ2) is 7.67. The van der Waals surface area contributed by atoms with Gasteiger partial charge in [-0.05, 0) is 24.3 Å². The monoisotopic (exact) mass is 413 g/mol. The minimum atomic E-state index is -0.703. The van der Waals surface area contributed by atoms with E-state index in [9.17, 15) is 24.4 Å². The Morgan fingerprint density at radius 3 is 2.48 bits per heavy atom. The molecule has 2 aliphatic rings. The molecule has 1 fully saturated rings. The zero-order valence-electron chi connectivity index (χ0n) is 15.7. The lowest BCUT2D eigenvalue weighted by molar-refractivity contribution is -0.133. The second-order valence-corrected chi connectivity index (χ2v) is 7.96. The van der Waals surface area contributed by atoms with Crippen LogP contribution in [-0.4, -0.2) is 56.9 Å². The number of piperazine rings is 1. The number of hydrogen-bond acceptors (Lipinski definition) is 6. The van der Waals surface area contributed by atoms with E-state index in [4.69, 9.17) is 0 Å². The quantitative estimate of drug-likeness (QED) is 0.697. The highest BCUT2D eigenvalue weighted by molar-refractivity contribution is 7.12. The van der Waals surface area contributed by atoms with Crippen molar-refractivity contribution in [1.82, 2.24) is 18.9 Å². The number of nitrogens with zero attached hydrogens (tertiary/aromatic N) is 5. The van der Waals surface area contributed by atoms with E-state index in [1.165, 1.54) is 15.9 Å². The normalized spacial score (nSPS) is 15.8. The van der Waals surface area contributed by atoms with Gasteiger partial charge in [-0.15, -0.1) is 11.3 Å². The van der Waals surface area contributed by atoms with Crippen LogP contribution >= 0.6 is 11.3 Å². The van der Waals surface area contributed by atoms with Gasteiger partial charge in [0, 0.05) is 38.4 Å². The van der Waals surface area contributed by atoms with Crippen molar-refractivity contribution in [3.05, 3.63) is 54.5 Å². The van der Waals surface area contributed by atoms with E-state index in [-0.39, 0.29) is 17.4 Å². The second-order valence-electron chi connectivity index (χ2n) is 7.01. The molecule has 0 aromatic carbocycles. The minimum absolute atomic E-state index is 0.0544. The molecule has 150 valence electrons. The first-order valence-electron chi connectivity index (χ1n) is 9.38. The molecule has 4 heterocycles. The Balaban J connectivity index is 1.48. The number of carbonyl (C=O) groups excluding carboxylic acids is 2. The van der Waals surface area contributed by atoms with E-state index in [0.29, 0.717) is 56.1 Å². The van der Waals surface area contributed by atoms with E-state index in [2.05, 4.69) is 0 Å². The van der Waals surface area contributed by atoms with Crippen LogP contribution < -0.4 is 11.2 Å². The molecule has 0 aliphatic carbocycles. The molecule has 0 N–H and O–H groups in total. The van der Waals surface area contributed by atoms with Gasteiger partial charge < -0.3 is 9.80 Å². The molecule has 2 aromatic rings. The van der Waals surface area contributed by atoms with Crippen molar-refractivity contribution in [2.75, 3.05) is 26.2 Å². The molecule has 2 aliphatic heterocycles. The molecule has 0 atom stereocenters. The molecule has 0 spiro atoms. The lowest BCUT2D eigenvalue weighted by Gasteiger charge is -2.34. The fraction of sp³-hybridized carbons (Fsp3) is 0.421. The Morgan fingerprint density at radius 1 is 1.10 bits per heavy atom. The van der Waals surface area contributed by atoms with Gasteiger partial charge in [0.05, 0.1) is 4.88 Å². The van der Waals surface area contributed by atoms with Crippen molar-refractivity contribution in [3.63, 3.8) is 0 Å². The molecule has 0 unspecified atom stereocenters. The molecular formula is C19H19N5O4S. The molecule has 10 heteroatoms. The lowest BCUT2D eigenvalue weighted by atomic mass is 10.2. The van der Waals surface area contributed by atoms with Crippen LogP contribution in [0.3, 0.4) is 0 Å². The third kappa shape index (κ3) is 3.38. The Morgan fingerprint density at radius 2 is 1.83 bits per heavy atom. The van der Waals surface area contributed by atoms with E-state index < -0.39 is 17.8 Å². The number of hydrogen-bond donors (Lipinski definition) is 0. The molecule has 2 amide bonds. The van der Waals surface area contributed by atoms with E-state index >= 15 is 0 Å². The van der Waals surface area contributed by atoms with Gasteiger partial charge in [0.15, 0.2) is 0 Å². The van der Waals surface area contributed by atoms with Gasteiger partial charge in [0.1, 0.15) is 18.2 Å². The summed E-state index contributed by atoms with van der Waals surface area (Å²) in [7, 11) is 0. The van der Waals surface area contributed by atoms with Crippen molar-refractivity contribution >= 4 is 23.2 Å². The number of carbonyl (C=O) groups is 2. The molecule has 1 saturated heterocycles. The van der Waals surface area contributed by atoms with Gasteiger partial charge in [0.25, 0.3) is 11.5 Å². The molecular weight excluding hydrogens is 394 g/mol. The van der Waals surface area contributed by atoms with Crippen molar-refractivity contribution in [3.8, 4) is 6.07 Å². The predicted octanol–water partition coefficient (Wildman–Crippen LogP) is -0.126. The highest BCUT2D eigenvalue weighted by Crippen LogP contribution is 2.15. The number of amides is 2. The summed E-state index contributed by atoms with van der Waals surface area (Å²) in [5.74, 6) is -0.422. The molecule has 9 nitrogen and oxygen atoms in total. The lowest BCUT2D eigenvalue weighted by Crippen LogP contribution is -2.53. The van der Waals surface area contributed by atoms with Gasteiger partial charge >= 0.3 is 5.69 Å². The summed E-state index contributed by atoms with van der Waals surface area (Å²) in [6.45, 7) is 1.50. The maximum absolute atomic E-state index is 12.7. The van der Waals surface area contributed by atoms with Crippen molar-refractivity contribution in [2.24, 2.45) is 0 Å². The van der Waals surface area contributed by atoms with Crippen LogP contribution in [0.15, 0.2) is 27.1 Å². The molecule has 2 aromatic heterocycles. The average molecular weight is 413 g/mol. The van der Waals surface area contributed by atoms with Crippen LogP contribution in [0.25, 0.3) is 0 Å². The summed E-state index contributed by atoms with van der Waals surface area (Å²) in [5.41, 5.74) is -0.833. The van der Waals surface area contributed by atoms with Gasteiger partial charge in [0.2, 0.25) is 5.91 Å². The summed E-state index contributed by atoms with van der Waals surface area (Å²) >= 11 is 1.38. The molecule has 0 radical (unpaired) electrons. The Hall–Kier alpha value is -3.19. The maximum Gasteiger partial charge on any atom is 0.331 e. The van der Waals surface area contributed by atoms with Crippen molar-refractivity contribution in [2.45, 2.75) is 25.9 Å². The van der Waals surface area contributed by atoms with Crippen molar-refractivity contribution < 1.29 is 9.59 Å². The standard InChI is InChI=1S/C19H19N5O4S/c20-11-13-14-3-1-5-23(14)19(28)24(17(13)26)12-16(25)21-6-8-22(9-7-21)18(27)15-4-2-10-29-15/h2,4,10H,1,3,5-9,12H2. The van der Waals surface area contributed by atoms with E-state index in [1.54, 1.807) is 15.9 Å². The summed E-state index contributed by atoms with van der Waals surface area (Å²) in [6.07, 6.45) is 1.21. The number of nitriles is 1. The van der Waals surface area contributed by atoms with Gasteiger partial charge in [-0.1, -0.05) is 6.07 Å². The molecule has 29 heavy (non-hydrogen) atoms. The summed E-state index contributed by atoms with van der Waals surface area (Å²) in [6, 6.07) is 5.47. The van der Waals surface area contributed by atoms with Gasteiger partial charge in [-0.3, -0.25) is 19.0 Å². The minimum Gasteiger partial charge on any atom is -0.338 e. The SMILES string of the molecule is N#Cc1c2n(c(=O)n(CC(=O)N3CCN(C(=O)c4cccs4)CC3)c1=O)CCC2. The van der Waals surface area contributed by atoms with Crippen LogP contribution in [0.2, 0.25) is 0 Å². The maximum atomic E-state index is 12.7. The third-order valence-electron chi connectivity index (χ3n) is 5.39. The Labute approximate surface area is 170 Å². The fourth-order valence-corrected chi connectivity index (χ4v) is 4.53. The third-order valence-corrected chi connectivity index (χ3v) is 6.25. The topological polar surface area (TPSA) is 108 Å². The van der Waals surface area contributed by atoms with E-state index in [1.807, 2.05) is 17.5 Å². The van der Waals surface area contributed by atoms with Crippen LogP contribution in [0.5, 0.6) is 0 Å². The van der Waals surface area contributed by atoms with Crippen LogP contribution in [0, 0.1) is 11.3 Å². The summed E-state index contributed by atoms with van der Waals surface area (Å²) in [4.78, 5) is 54.2. The van der Waals surface area contributed by atoms with Crippen LogP contribution in [-0.2, 0) is 24.3 Å².